The summed E-state index contributed by atoms with van der Waals surface area (Å²) in [5, 5.41) is 3.09. The summed E-state index contributed by atoms with van der Waals surface area (Å²) < 4.78 is 0. The van der Waals surface area contributed by atoms with Crippen molar-refractivity contribution in [3.05, 3.63) is 0 Å². The normalized spacial score (nSPS) is 28.4. The molecular weight excluding hydrogens is 224 g/mol. The largest absolute Gasteiger partial charge is 0.356 e. The van der Waals surface area contributed by atoms with Crippen molar-refractivity contribution in [3.63, 3.8) is 0 Å². The van der Waals surface area contributed by atoms with E-state index in [1.54, 1.807) is 0 Å². The van der Waals surface area contributed by atoms with Gasteiger partial charge in [-0.3, -0.25) is 4.79 Å². The van der Waals surface area contributed by atoms with Gasteiger partial charge < -0.3 is 11.1 Å². The van der Waals surface area contributed by atoms with Gasteiger partial charge in [0.2, 0.25) is 5.91 Å². The van der Waals surface area contributed by atoms with Crippen molar-refractivity contribution in [2.24, 2.45) is 23.5 Å². The summed E-state index contributed by atoms with van der Waals surface area (Å²) in [6.07, 6.45) is 6.51. The highest BCUT2D eigenvalue weighted by atomic mass is 16.1. The van der Waals surface area contributed by atoms with Crippen LogP contribution >= 0.6 is 0 Å². The van der Waals surface area contributed by atoms with Crippen LogP contribution < -0.4 is 11.1 Å². The Morgan fingerprint density at radius 1 is 1.33 bits per heavy atom. The van der Waals surface area contributed by atoms with Crippen molar-refractivity contribution in [2.75, 3.05) is 6.54 Å². The number of hydrogen-bond acceptors (Lipinski definition) is 2. The van der Waals surface area contributed by atoms with Gasteiger partial charge in [0.25, 0.3) is 0 Å². The molecule has 0 bridgehead atoms. The van der Waals surface area contributed by atoms with Crippen molar-refractivity contribution >= 4 is 5.91 Å². The quantitative estimate of drug-likeness (QED) is 0.716. The zero-order valence-electron chi connectivity index (χ0n) is 12.2. The Bertz CT molecular complexity index is 253. The highest BCUT2D eigenvalue weighted by Crippen LogP contribution is 2.29. The first-order valence-corrected chi connectivity index (χ1v) is 7.54. The molecule has 0 aromatic rings. The second-order valence-electron chi connectivity index (χ2n) is 6.34. The van der Waals surface area contributed by atoms with Crippen LogP contribution in [0.5, 0.6) is 0 Å². The lowest BCUT2D eigenvalue weighted by atomic mass is 9.78. The van der Waals surface area contributed by atoms with Crippen molar-refractivity contribution in [1.82, 2.24) is 5.32 Å². The van der Waals surface area contributed by atoms with E-state index in [2.05, 4.69) is 26.1 Å². The summed E-state index contributed by atoms with van der Waals surface area (Å²) in [6.45, 7) is 7.47. The van der Waals surface area contributed by atoms with Gasteiger partial charge in [-0.1, -0.05) is 33.6 Å². The van der Waals surface area contributed by atoms with E-state index in [1.165, 1.54) is 12.8 Å². The molecule has 18 heavy (non-hydrogen) atoms. The lowest BCUT2D eigenvalue weighted by Gasteiger charge is -2.31. The molecule has 0 heterocycles. The third-order valence-electron chi connectivity index (χ3n) is 4.05. The van der Waals surface area contributed by atoms with Crippen LogP contribution in [0, 0.1) is 17.8 Å². The van der Waals surface area contributed by atoms with E-state index >= 15 is 0 Å². The minimum Gasteiger partial charge on any atom is -0.356 e. The summed E-state index contributed by atoms with van der Waals surface area (Å²) in [7, 11) is 0. The highest BCUT2D eigenvalue weighted by Gasteiger charge is 2.30. The summed E-state index contributed by atoms with van der Waals surface area (Å²) in [5.41, 5.74) is 5.92. The first-order valence-electron chi connectivity index (χ1n) is 7.54. The van der Waals surface area contributed by atoms with Crippen molar-refractivity contribution in [3.8, 4) is 0 Å². The number of amides is 1. The molecule has 1 amide bonds. The van der Waals surface area contributed by atoms with Gasteiger partial charge in [0.05, 0.1) is 0 Å². The molecule has 3 unspecified atom stereocenters. The van der Waals surface area contributed by atoms with Crippen LogP contribution in [0.1, 0.15) is 59.3 Å². The third kappa shape index (κ3) is 5.38. The predicted molar refractivity (Wildman–Crippen MR) is 76.2 cm³/mol. The summed E-state index contributed by atoms with van der Waals surface area (Å²) >= 11 is 0. The molecule has 3 atom stereocenters. The second-order valence-corrected chi connectivity index (χ2v) is 6.34. The maximum absolute atomic E-state index is 12.1. The van der Waals surface area contributed by atoms with Crippen molar-refractivity contribution in [1.29, 1.82) is 0 Å². The van der Waals surface area contributed by atoms with Gasteiger partial charge in [0.1, 0.15) is 0 Å². The van der Waals surface area contributed by atoms with E-state index in [-0.39, 0.29) is 11.8 Å². The molecule has 3 N–H and O–H groups in total. The van der Waals surface area contributed by atoms with Gasteiger partial charge in [0, 0.05) is 18.5 Å². The summed E-state index contributed by atoms with van der Waals surface area (Å²) in [4.78, 5) is 12.1. The molecule has 3 heteroatoms. The Labute approximate surface area is 112 Å². The van der Waals surface area contributed by atoms with Gasteiger partial charge in [-0.05, 0) is 37.5 Å². The Morgan fingerprint density at radius 2 is 2.06 bits per heavy atom. The fourth-order valence-corrected chi connectivity index (χ4v) is 2.85. The predicted octanol–water partition coefficient (Wildman–Crippen LogP) is 2.69. The maximum atomic E-state index is 12.1. The molecule has 106 valence electrons. The van der Waals surface area contributed by atoms with Gasteiger partial charge in [-0.15, -0.1) is 0 Å². The topological polar surface area (TPSA) is 55.1 Å². The van der Waals surface area contributed by atoms with Crippen molar-refractivity contribution < 1.29 is 4.79 Å². The minimum atomic E-state index is 0.190. The van der Waals surface area contributed by atoms with Crippen LogP contribution in [0.3, 0.4) is 0 Å². The minimum absolute atomic E-state index is 0.190. The van der Waals surface area contributed by atoms with Crippen molar-refractivity contribution in [2.45, 2.75) is 65.3 Å². The first-order chi connectivity index (χ1) is 8.50. The van der Waals surface area contributed by atoms with Gasteiger partial charge in [0.15, 0.2) is 0 Å². The fraction of sp³-hybridized carbons (Fsp3) is 0.933. The van der Waals surface area contributed by atoms with Gasteiger partial charge in [-0.25, -0.2) is 0 Å². The zero-order chi connectivity index (χ0) is 13.5. The standard InChI is InChI=1S/C15H30N2O/c1-11(2)6-4-5-9-17-15(18)14-8-7-13(16)10-12(14)3/h11-14H,4-10,16H2,1-3H3,(H,17,18). The zero-order valence-corrected chi connectivity index (χ0v) is 12.2. The van der Waals surface area contributed by atoms with Gasteiger partial charge in [-0.2, -0.15) is 0 Å². The SMILES string of the molecule is CC(C)CCCCNC(=O)C1CCC(N)CC1C. The second kappa shape index (κ2) is 7.78. The number of carbonyl (C=O) groups is 1. The lowest BCUT2D eigenvalue weighted by Crippen LogP contribution is -2.41. The average Bonchev–Trinajstić information content (AvgIpc) is 2.27. The molecule has 3 nitrogen and oxygen atoms in total. The highest BCUT2D eigenvalue weighted by molar-refractivity contribution is 5.79. The van der Waals surface area contributed by atoms with Crippen LogP contribution in [-0.4, -0.2) is 18.5 Å². The van der Waals surface area contributed by atoms with E-state index in [9.17, 15) is 4.79 Å². The Kier molecular flexibility index (Phi) is 6.69. The Hall–Kier alpha value is -0.570. The Morgan fingerprint density at radius 3 is 2.67 bits per heavy atom. The molecule has 0 aliphatic heterocycles. The number of nitrogens with two attached hydrogens (primary N) is 1. The molecule has 0 saturated heterocycles. The molecule has 1 fully saturated rings. The molecule has 1 aliphatic carbocycles. The van der Waals surface area contributed by atoms with Gasteiger partial charge >= 0.3 is 0 Å². The molecule has 1 saturated carbocycles. The Balaban J connectivity index is 2.16. The third-order valence-corrected chi connectivity index (χ3v) is 4.05. The number of hydrogen-bond donors (Lipinski definition) is 2. The molecular formula is C15H30N2O. The van der Waals surface area contributed by atoms with Crippen LogP contribution in [0.15, 0.2) is 0 Å². The molecule has 1 aliphatic rings. The van der Waals surface area contributed by atoms with Crippen LogP contribution in [0.2, 0.25) is 0 Å². The summed E-state index contributed by atoms with van der Waals surface area (Å²) in [5.74, 6) is 1.64. The number of carbonyl (C=O) groups excluding carboxylic acids is 1. The van der Waals surface area contributed by atoms with Crippen LogP contribution in [-0.2, 0) is 4.79 Å². The lowest BCUT2D eigenvalue weighted by molar-refractivity contribution is -0.127. The molecule has 1 rings (SSSR count). The van der Waals surface area contributed by atoms with E-state index in [1.807, 2.05) is 0 Å². The number of rotatable bonds is 6. The monoisotopic (exact) mass is 254 g/mol. The average molecular weight is 254 g/mol. The smallest absolute Gasteiger partial charge is 0.223 e. The molecule has 0 spiro atoms. The van der Waals surface area contributed by atoms with E-state index in [0.717, 1.165) is 38.1 Å². The van der Waals surface area contributed by atoms with E-state index < -0.39 is 0 Å². The van der Waals surface area contributed by atoms with Crippen LogP contribution in [0.4, 0.5) is 0 Å². The molecule has 0 aromatic carbocycles. The summed E-state index contributed by atoms with van der Waals surface area (Å²) in [6, 6.07) is 0.301. The number of nitrogens with one attached hydrogen (secondary N) is 1. The first kappa shape index (κ1) is 15.5. The number of unbranched alkanes of at least 4 members (excludes halogenated alkanes) is 1. The van der Waals surface area contributed by atoms with E-state index in [4.69, 9.17) is 5.73 Å². The fourth-order valence-electron chi connectivity index (χ4n) is 2.85. The van der Waals surface area contributed by atoms with E-state index in [0.29, 0.717) is 12.0 Å². The van der Waals surface area contributed by atoms with Crippen LogP contribution in [0.25, 0.3) is 0 Å². The molecule has 0 aromatic heterocycles. The molecule has 0 radical (unpaired) electrons. The maximum Gasteiger partial charge on any atom is 0.223 e.